The summed E-state index contributed by atoms with van der Waals surface area (Å²) in [6, 6.07) is 21.1. The van der Waals surface area contributed by atoms with E-state index in [1.807, 2.05) is 25.1 Å². The first-order valence-electron chi connectivity index (χ1n) is 8.81. The van der Waals surface area contributed by atoms with Gasteiger partial charge in [0.25, 0.3) is 8.32 Å². The first-order valence-corrected chi connectivity index (χ1v) is 10.7. The summed E-state index contributed by atoms with van der Waals surface area (Å²) in [7, 11) is -2.48. The van der Waals surface area contributed by atoms with Crippen molar-refractivity contribution in [2.45, 2.75) is 39.2 Å². The van der Waals surface area contributed by atoms with Crippen LogP contribution in [0.15, 0.2) is 72.3 Å². The molecule has 0 heterocycles. The van der Waals surface area contributed by atoms with E-state index in [4.69, 9.17) is 4.43 Å². The van der Waals surface area contributed by atoms with Gasteiger partial charge in [-0.25, -0.2) is 0 Å². The van der Waals surface area contributed by atoms with E-state index in [0.29, 0.717) is 13.0 Å². The third-order valence-corrected chi connectivity index (χ3v) is 9.69. The Morgan fingerprint density at radius 3 is 1.80 bits per heavy atom. The molecule has 2 aromatic rings. The summed E-state index contributed by atoms with van der Waals surface area (Å²) >= 11 is 0. The maximum atomic E-state index is 11.1. The molecule has 0 radical (unpaired) electrons. The Labute approximate surface area is 152 Å². The number of carbonyl (C=O) groups is 1. The fraction of sp³-hybridized carbons (Fsp3) is 0.318. The minimum Gasteiger partial charge on any atom is -0.407 e. The van der Waals surface area contributed by atoms with Crippen LogP contribution < -0.4 is 10.4 Å². The van der Waals surface area contributed by atoms with Crippen molar-refractivity contribution < 1.29 is 9.22 Å². The minimum atomic E-state index is -2.48. The summed E-state index contributed by atoms with van der Waals surface area (Å²) in [5.41, 5.74) is 0.790. The maximum absolute atomic E-state index is 11.1. The van der Waals surface area contributed by atoms with E-state index < -0.39 is 8.32 Å². The Balaban J connectivity index is 2.51. The third kappa shape index (κ3) is 4.17. The monoisotopic (exact) mass is 352 g/mol. The SMILES string of the molecule is C/C=C(\C=O)CCO[Si](c1ccccc1)(c1ccccc1)C(C)(C)C. The third-order valence-electron chi connectivity index (χ3n) is 4.65. The van der Waals surface area contributed by atoms with Crippen molar-refractivity contribution in [3.63, 3.8) is 0 Å². The molecule has 0 atom stereocenters. The summed E-state index contributed by atoms with van der Waals surface area (Å²) in [6.07, 6.45) is 3.43. The van der Waals surface area contributed by atoms with Crippen LogP contribution in [0.1, 0.15) is 34.1 Å². The lowest BCUT2D eigenvalue weighted by Crippen LogP contribution is -2.66. The molecule has 3 heteroatoms. The molecule has 2 rings (SSSR count). The number of hydrogen-bond donors (Lipinski definition) is 0. The van der Waals surface area contributed by atoms with E-state index in [0.717, 1.165) is 11.9 Å². The van der Waals surface area contributed by atoms with E-state index in [1.54, 1.807) is 0 Å². The van der Waals surface area contributed by atoms with Gasteiger partial charge in [0.15, 0.2) is 0 Å². The smallest absolute Gasteiger partial charge is 0.261 e. The van der Waals surface area contributed by atoms with Gasteiger partial charge in [-0.05, 0) is 34.3 Å². The van der Waals surface area contributed by atoms with Crippen LogP contribution in [0.2, 0.25) is 5.04 Å². The van der Waals surface area contributed by atoms with Crippen LogP contribution >= 0.6 is 0 Å². The highest BCUT2D eigenvalue weighted by Crippen LogP contribution is 2.36. The molecule has 0 spiro atoms. The van der Waals surface area contributed by atoms with Crippen molar-refractivity contribution in [2.24, 2.45) is 0 Å². The molecule has 0 aliphatic carbocycles. The number of aldehydes is 1. The van der Waals surface area contributed by atoms with Gasteiger partial charge in [0.1, 0.15) is 6.29 Å². The number of allylic oxidation sites excluding steroid dienone is 1. The van der Waals surface area contributed by atoms with Gasteiger partial charge < -0.3 is 4.43 Å². The molecule has 0 fully saturated rings. The van der Waals surface area contributed by atoms with Gasteiger partial charge in [0.2, 0.25) is 0 Å². The zero-order chi connectivity index (χ0) is 18.3. The Bertz CT molecular complexity index is 660. The van der Waals surface area contributed by atoms with Crippen LogP contribution in [-0.2, 0) is 9.22 Å². The quantitative estimate of drug-likeness (QED) is 0.426. The van der Waals surface area contributed by atoms with Gasteiger partial charge in [-0.1, -0.05) is 87.5 Å². The predicted molar refractivity (Wildman–Crippen MR) is 108 cm³/mol. The highest BCUT2D eigenvalue weighted by atomic mass is 28.4. The molecule has 25 heavy (non-hydrogen) atoms. The molecule has 0 aliphatic rings. The predicted octanol–water partition coefficient (Wildman–Crippen LogP) is 4.10. The van der Waals surface area contributed by atoms with Crippen molar-refractivity contribution in [1.82, 2.24) is 0 Å². The largest absolute Gasteiger partial charge is 0.407 e. The number of benzene rings is 2. The standard InChI is InChI=1S/C22H28O2Si/c1-5-19(18-23)16-17-24-25(22(2,3)4,20-12-8-6-9-13-20)21-14-10-7-11-15-21/h5-15,18H,16-17H2,1-4H3/b19-5-. The zero-order valence-electron chi connectivity index (χ0n) is 15.7. The molecule has 0 amide bonds. The summed E-state index contributed by atoms with van der Waals surface area (Å²) in [5, 5.41) is 2.50. The second-order valence-electron chi connectivity index (χ2n) is 7.24. The van der Waals surface area contributed by atoms with Gasteiger partial charge in [-0.3, -0.25) is 4.79 Å². The van der Waals surface area contributed by atoms with Crippen molar-refractivity contribution in [1.29, 1.82) is 0 Å². The average molecular weight is 353 g/mol. The zero-order valence-corrected chi connectivity index (χ0v) is 16.7. The highest BCUT2D eigenvalue weighted by molar-refractivity contribution is 6.99. The van der Waals surface area contributed by atoms with E-state index in [2.05, 4.69) is 69.3 Å². The van der Waals surface area contributed by atoms with Crippen LogP contribution in [0.5, 0.6) is 0 Å². The molecule has 0 N–H and O–H groups in total. The fourth-order valence-electron chi connectivity index (χ4n) is 3.35. The van der Waals surface area contributed by atoms with Gasteiger partial charge in [-0.15, -0.1) is 0 Å². The lowest BCUT2D eigenvalue weighted by atomic mass is 10.2. The fourth-order valence-corrected chi connectivity index (χ4v) is 7.92. The maximum Gasteiger partial charge on any atom is 0.261 e. The molecule has 2 nitrogen and oxygen atoms in total. The first-order chi connectivity index (χ1) is 12.0. The number of rotatable bonds is 7. The molecule has 0 saturated carbocycles. The Kier molecular flexibility index (Phi) is 6.51. The summed E-state index contributed by atoms with van der Waals surface area (Å²) in [6.45, 7) is 9.22. The minimum absolute atomic E-state index is 0.0347. The van der Waals surface area contributed by atoms with Crippen LogP contribution in [0.25, 0.3) is 0 Å². The summed E-state index contributed by atoms with van der Waals surface area (Å²) in [4.78, 5) is 11.1. The summed E-state index contributed by atoms with van der Waals surface area (Å²) in [5.74, 6) is 0. The molecular formula is C22H28O2Si. The number of hydrogen-bond acceptors (Lipinski definition) is 2. The second-order valence-corrected chi connectivity index (χ2v) is 11.5. The lowest BCUT2D eigenvalue weighted by molar-refractivity contribution is -0.105. The van der Waals surface area contributed by atoms with E-state index >= 15 is 0 Å². The lowest BCUT2D eigenvalue weighted by Gasteiger charge is -2.43. The molecule has 132 valence electrons. The Morgan fingerprint density at radius 2 is 1.44 bits per heavy atom. The molecule has 0 aliphatic heterocycles. The van der Waals surface area contributed by atoms with Crippen molar-refractivity contribution in [3.05, 3.63) is 72.3 Å². The topological polar surface area (TPSA) is 26.3 Å². The van der Waals surface area contributed by atoms with E-state index in [-0.39, 0.29) is 5.04 Å². The Hall–Kier alpha value is -1.97. The van der Waals surface area contributed by atoms with Gasteiger partial charge in [0, 0.05) is 6.61 Å². The van der Waals surface area contributed by atoms with Crippen LogP contribution in [0.3, 0.4) is 0 Å². The van der Waals surface area contributed by atoms with Gasteiger partial charge >= 0.3 is 0 Å². The second kappa shape index (κ2) is 8.41. The molecule has 0 bridgehead atoms. The van der Waals surface area contributed by atoms with Crippen molar-refractivity contribution >= 4 is 25.0 Å². The van der Waals surface area contributed by atoms with Crippen LogP contribution in [0, 0.1) is 0 Å². The molecule has 0 saturated heterocycles. The average Bonchev–Trinajstić information content (AvgIpc) is 2.62. The highest BCUT2D eigenvalue weighted by Gasteiger charge is 2.49. The summed E-state index contributed by atoms with van der Waals surface area (Å²) < 4.78 is 6.74. The van der Waals surface area contributed by atoms with E-state index in [9.17, 15) is 4.79 Å². The van der Waals surface area contributed by atoms with Gasteiger partial charge in [0.05, 0.1) is 0 Å². The Morgan fingerprint density at radius 1 is 0.960 bits per heavy atom. The van der Waals surface area contributed by atoms with Crippen molar-refractivity contribution in [2.75, 3.05) is 6.61 Å². The molecule has 0 unspecified atom stereocenters. The molecule has 2 aromatic carbocycles. The normalized spacial score (nSPS) is 12.9. The van der Waals surface area contributed by atoms with Crippen molar-refractivity contribution in [3.8, 4) is 0 Å². The first kappa shape index (κ1) is 19.4. The van der Waals surface area contributed by atoms with Crippen LogP contribution in [-0.4, -0.2) is 21.2 Å². The van der Waals surface area contributed by atoms with Gasteiger partial charge in [-0.2, -0.15) is 0 Å². The van der Waals surface area contributed by atoms with E-state index in [1.165, 1.54) is 10.4 Å². The number of carbonyl (C=O) groups excluding carboxylic acids is 1. The molecule has 0 aromatic heterocycles. The molecular weight excluding hydrogens is 324 g/mol. The van der Waals surface area contributed by atoms with Crippen LogP contribution in [0.4, 0.5) is 0 Å².